The summed E-state index contributed by atoms with van der Waals surface area (Å²) in [5.41, 5.74) is -4.39. The highest BCUT2D eigenvalue weighted by Crippen LogP contribution is 2.58. The number of carbonyl (C=O) groups is 5. The minimum absolute atomic E-state index is 0.0368. The lowest BCUT2D eigenvalue weighted by Crippen LogP contribution is -2.48. The molecule has 2 aliphatic carbocycles. The Morgan fingerprint density at radius 1 is 1.04 bits per heavy atom. The number of hydrogen-bond donors (Lipinski definition) is 1. The number of hydrogen-bond acceptors (Lipinski definition) is 9. The van der Waals surface area contributed by atoms with Gasteiger partial charge in [-0.15, -0.1) is 0 Å². The van der Waals surface area contributed by atoms with Crippen molar-refractivity contribution in [3.8, 4) is 0 Å². The van der Waals surface area contributed by atoms with Gasteiger partial charge in [-0.05, 0) is 89.2 Å². The monoisotopic (exact) mass is 798 g/mol. The summed E-state index contributed by atoms with van der Waals surface area (Å²) in [4.78, 5) is 70.5. The molecule has 2 heterocycles. The quantitative estimate of drug-likeness (QED) is 0.187. The molecule has 0 bridgehead atoms. The number of sulfonamides is 1. The summed E-state index contributed by atoms with van der Waals surface area (Å²) >= 11 is 0. The first-order valence-corrected chi connectivity index (χ1v) is 20.2. The minimum Gasteiger partial charge on any atom is -0.460 e. The Labute approximate surface area is 319 Å². The fraction of sp³-hybridized carbons (Fsp3) is 0.667. The van der Waals surface area contributed by atoms with Crippen LogP contribution in [0.2, 0.25) is 0 Å². The molecule has 0 radical (unpaired) electrons. The predicted octanol–water partition coefficient (Wildman–Crippen LogP) is 6.11. The molecule has 0 aromatic heterocycles. The van der Waals surface area contributed by atoms with Crippen LogP contribution in [0.1, 0.15) is 108 Å². The molecule has 11 nitrogen and oxygen atoms in total. The van der Waals surface area contributed by atoms with E-state index >= 15 is 0 Å². The third-order valence-electron chi connectivity index (χ3n) is 11.3. The van der Waals surface area contributed by atoms with E-state index in [4.69, 9.17) is 9.47 Å². The van der Waals surface area contributed by atoms with Crippen LogP contribution in [0.5, 0.6) is 0 Å². The van der Waals surface area contributed by atoms with Gasteiger partial charge in [0.05, 0.1) is 41.5 Å². The van der Waals surface area contributed by atoms with Crippen LogP contribution in [0.15, 0.2) is 36.4 Å². The number of alkyl halides is 4. The number of nitrogens with one attached hydrogen (secondary N) is 1. The molecule has 1 saturated heterocycles. The van der Waals surface area contributed by atoms with Crippen molar-refractivity contribution in [3.05, 3.63) is 47.5 Å². The van der Waals surface area contributed by atoms with Crippen molar-refractivity contribution in [2.45, 2.75) is 121 Å². The molecular formula is C39H50F4N2O9S. The summed E-state index contributed by atoms with van der Waals surface area (Å²) in [6, 6.07) is 2.71. The Hall–Kier alpha value is -3.82. The molecule has 0 unspecified atom stereocenters. The van der Waals surface area contributed by atoms with Gasteiger partial charge in [-0.1, -0.05) is 38.1 Å². The fourth-order valence-electron chi connectivity index (χ4n) is 7.93. The number of halogens is 4. The van der Waals surface area contributed by atoms with E-state index in [1.165, 1.54) is 11.0 Å². The number of rotatable bonds is 8. The van der Waals surface area contributed by atoms with Crippen molar-refractivity contribution in [1.29, 1.82) is 0 Å². The second-order valence-electron chi connectivity index (χ2n) is 16.9. The van der Waals surface area contributed by atoms with E-state index in [9.17, 15) is 50.0 Å². The molecule has 1 aromatic carbocycles. The number of benzene rings is 1. The minimum atomic E-state index is -4.88. The Morgan fingerprint density at radius 2 is 1.71 bits per heavy atom. The first-order valence-electron chi connectivity index (χ1n) is 18.7. The second-order valence-corrected chi connectivity index (χ2v) is 19.0. The number of allylic oxidation sites excluding steroid dienone is 2. The van der Waals surface area contributed by atoms with Gasteiger partial charge in [-0.25, -0.2) is 17.6 Å². The molecule has 2 amide bonds. The van der Waals surface area contributed by atoms with Gasteiger partial charge >= 0.3 is 18.1 Å². The smallest absolute Gasteiger partial charge is 0.417 e. The Kier molecular flexibility index (Phi) is 12.0. The molecule has 2 saturated carbocycles. The Balaban J connectivity index is 1.50. The maximum absolute atomic E-state index is 14.6. The van der Waals surface area contributed by atoms with Gasteiger partial charge in [-0.3, -0.25) is 23.9 Å². The van der Waals surface area contributed by atoms with E-state index in [-0.39, 0.29) is 38.0 Å². The van der Waals surface area contributed by atoms with Gasteiger partial charge < -0.3 is 14.4 Å². The number of ether oxygens (including phenoxy) is 2. The zero-order valence-electron chi connectivity index (χ0n) is 31.7. The molecule has 7 atom stereocenters. The lowest BCUT2D eigenvalue weighted by Gasteiger charge is -2.32. The number of ketones is 1. The molecule has 5 rings (SSSR count). The number of esters is 2. The van der Waals surface area contributed by atoms with Crippen LogP contribution < -0.4 is 4.72 Å². The lowest BCUT2D eigenvalue weighted by atomic mass is 9.82. The number of fused-ring (bicyclic) bond motifs is 2. The second kappa shape index (κ2) is 15.6. The van der Waals surface area contributed by atoms with E-state index in [1.807, 2.05) is 24.6 Å². The summed E-state index contributed by atoms with van der Waals surface area (Å²) in [6.07, 6.45) is -1.74. The number of carbonyl (C=O) groups excluding carboxylic acids is 5. The van der Waals surface area contributed by atoms with Crippen LogP contribution in [0, 0.1) is 29.1 Å². The molecular weight excluding hydrogens is 748 g/mol. The molecule has 304 valence electrons. The number of amides is 2. The van der Waals surface area contributed by atoms with Crippen LogP contribution in [0.3, 0.4) is 0 Å². The lowest BCUT2D eigenvalue weighted by molar-refractivity contribution is -0.160. The largest absolute Gasteiger partial charge is 0.460 e. The summed E-state index contributed by atoms with van der Waals surface area (Å²) in [5.74, 6) is -6.12. The van der Waals surface area contributed by atoms with Gasteiger partial charge in [0.2, 0.25) is 21.8 Å². The van der Waals surface area contributed by atoms with E-state index in [0.717, 1.165) is 18.2 Å². The zero-order valence-corrected chi connectivity index (χ0v) is 32.6. The van der Waals surface area contributed by atoms with Crippen LogP contribution >= 0.6 is 0 Å². The zero-order chi connectivity index (χ0) is 40.7. The average Bonchev–Trinajstić information content (AvgIpc) is 3.98. The van der Waals surface area contributed by atoms with Crippen LogP contribution in [-0.2, 0) is 44.9 Å². The molecule has 4 aliphatic rings. The number of nitrogens with zero attached hydrogens (tertiary/aromatic N) is 1. The normalized spacial score (nSPS) is 30.5. The van der Waals surface area contributed by atoms with Crippen molar-refractivity contribution in [2.24, 2.45) is 29.1 Å². The summed E-state index contributed by atoms with van der Waals surface area (Å²) in [5, 5.41) is 0. The first-order chi connectivity index (χ1) is 25.5. The van der Waals surface area contributed by atoms with Crippen molar-refractivity contribution in [1.82, 2.24) is 9.62 Å². The molecule has 55 heavy (non-hydrogen) atoms. The van der Waals surface area contributed by atoms with Gasteiger partial charge in [0.15, 0.2) is 5.78 Å². The maximum atomic E-state index is 14.6. The summed E-state index contributed by atoms with van der Waals surface area (Å²) in [7, 11) is -4.43. The van der Waals surface area contributed by atoms with Crippen molar-refractivity contribution in [2.75, 3.05) is 13.2 Å². The average molecular weight is 799 g/mol. The predicted molar refractivity (Wildman–Crippen MR) is 191 cm³/mol. The molecule has 0 spiro atoms. The molecule has 16 heteroatoms. The van der Waals surface area contributed by atoms with E-state index < -0.39 is 122 Å². The van der Waals surface area contributed by atoms with E-state index in [2.05, 4.69) is 0 Å². The Bertz CT molecular complexity index is 1820. The highest BCUT2D eigenvalue weighted by molar-refractivity contribution is 7.91. The highest BCUT2D eigenvalue weighted by atomic mass is 32.2. The van der Waals surface area contributed by atoms with E-state index in [0.29, 0.717) is 19.3 Å². The highest BCUT2D eigenvalue weighted by Gasteiger charge is 2.63. The molecule has 1 N–H and O–H groups in total. The van der Waals surface area contributed by atoms with Gasteiger partial charge in [0.1, 0.15) is 23.1 Å². The van der Waals surface area contributed by atoms with Crippen LogP contribution in [-0.4, -0.2) is 78.6 Å². The summed E-state index contributed by atoms with van der Waals surface area (Å²) in [6.45, 7) is 7.27. The number of Topliss-reactive ketones (excluding diaryl/α,β-unsaturated/α-hetero) is 1. The van der Waals surface area contributed by atoms with Crippen LogP contribution in [0.25, 0.3) is 0 Å². The van der Waals surface area contributed by atoms with Crippen molar-refractivity contribution in [3.63, 3.8) is 0 Å². The fourth-order valence-corrected chi connectivity index (χ4v) is 9.37. The molecule has 3 fully saturated rings. The maximum Gasteiger partial charge on any atom is 0.417 e. The van der Waals surface area contributed by atoms with Gasteiger partial charge in [0.25, 0.3) is 0 Å². The third kappa shape index (κ3) is 9.42. The SMILES string of the molecule is C[C@@H]1CC/C=C\[C@@H]2C[C@@]2(C(=O)NS(=O)(=O)C2(CF)CC2)CC(=O)[C@@H]2C[C@@H](OC(=O)c3ccccc3C(F)(F)F)CN2C(=O)[C@@H](CC(=O)OC(C)(C)C)[C@H](C)C1. The third-order valence-corrected chi connectivity index (χ3v) is 13.5. The van der Waals surface area contributed by atoms with Crippen molar-refractivity contribution < 1.29 is 59.4 Å². The topological polar surface area (TPSA) is 153 Å². The Morgan fingerprint density at radius 3 is 2.33 bits per heavy atom. The standard InChI is InChI=1S/C39H50F4N2O9S/c1-23-10-6-7-11-25-19-38(25,35(50)44-55(51,52)37(22-40)14-15-37)20-31(46)30-17-26(53-34(49)27-12-8-9-13-29(27)39(41,42)43)21-45(30)33(48)28(24(2)16-23)18-32(47)54-36(3,4)5/h7-9,11-13,23-26,28,30H,6,10,14-22H2,1-5H3,(H,44,50)/b11-7-/t23-,24-,25-,26-,28+,30+,38-/m1/s1. The van der Waals surface area contributed by atoms with Crippen LogP contribution in [0.4, 0.5) is 17.6 Å². The molecule has 1 aromatic rings. The van der Waals surface area contributed by atoms with Gasteiger partial charge in [-0.2, -0.15) is 13.2 Å². The molecule has 2 aliphatic heterocycles. The summed E-state index contributed by atoms with van der Waals surface area (Å²) < 4.78 is 92.8. The van der Waals surface area contributed by atoms with Gasteiger partial charge in [0, 0.05) is 12.8 Å². The van der Waals surface area contributed by atoms with E-state index in [1.54, 1.807) is 26.8 Å². The van der Waals surface area contributed by atoms with Crippen molar-refractivity contribution >= 4 is 39.6 Å². The first kappa shape index (κ1) is 42.3.